The Morgan fingerprint density at radius 1 is 0.274 bits per heavy atom. The van der Waals surface area contributed by atoms with Crippen LogP contribution in [-0.4, -0.2) is 37.2 Å². The Bertz CT molecular complexity index is 1630. The zero-order valence-corrected chi connectivity index (χ0v) is 46.8. The summed E-state index contributed by atoms with van der Waals surface area (Å²) in [6.45, 7) is 6.21. The van der Waals surface area contributed by atoms with Crippen molar-refractivity contribution in [1.29, 1.82) is 0 Å². The molecule has 0 aliphatic rings. The van der Waals surface area contributed by atoms with Gasteiger partial charge in [-0.25, -0.2) is 0 Å². The SMILES string of the molecule is CC/C=C\C/C=C\C/C=C\C/C=C\CCCCCCCCCCC(=O)OCC(COC(=O)CC/C=C\C/C=C\C/C=C\C/C=C\CC)OC(=O)CCCCCCCCCC/C=C\C/C=C\C/C=C\C/C=C\CC. The van der Waals surface area contributed by atoms with Crippen LogP contribution >= 0.6 is 0 Å². The van der Waals surface area contributed by atoms with Crippen LogP contribution in [0.25, 0.3) is 0 Å². The molecule has 0 aromatic heterocycles. The largest absolute Gasteiger partial charge is 0.462 e. The molecule has 0 aromatic carbocycles. The molecule has 0 bridgehead atoms. The third-order valence-electron chi connectivity index (χ3n) is 11.8. The highest BCUT2D eigenvalue weighted by Gasteiger charge is 2.19. The van der Waals surface area contributed by atoms with E-state index < -0.39 is 6.10 Å². The van der Waals surface area contributed by atoms with Crippen molar-refractivity contribution in [1.82, 2.24) is 0 Å². The van der Waals surface area contributed by atoms with Gasteiger partial charge in [0, 0.05) is 19.3 Å². The molecule has 1 atom stereocenters. The van der Waals surface area contributed by atoms with Gasteiger partial charge in [-0.1, -0.05) is 244 Å². The lowest BCUT2D eigenvalue weighted by Crippen LogP contribution is -2.30. The first-order valence-electron chi connectivity index (χ1n) is 29.3. The average Bonchev–Trinajstić information content (AvgIpc) is 3.39. The Morgan fingerprint density at radius 2 is 0.521 bits per heavy atom. The summed E-state index contributed by atoms with van der Waals surface area (Å²) < 4.78 is 16.8. The van der Waals surface area contributed by atoms with Crippen molar-refractivity contribution in [2.45, 2.75) is 245 Å². The number of carbonyl (C=O) groups is 3. The molecular weight excluding hydrogens is 901 g/mol. The molecule has 0 fully saturated rings. The molecule has 6 heteroatoms. The number of allylic oxidation sites excluding steroid dienone is 24. The summed E-state index contributed by atoms with van der Waals surface area (Å²) in [5.74, 6) is -1.02. The first kappa shape index (κ1) is 68.3. The molecule has 0 amide bonds. The third kappa shape index (κ3) is 58.1. The predicted octanol–water partition coefficient (Wildman–Crippen LogP) is 20.0. The maximum Gasteiger partial charge on any atom is 0.306 e. The van der Waals surface area contributed by atoms with Gasteiger partial charge in [0.2, 0.25) is 0 Å². The van der Waals surface area contributed by atoms with Crippen LogP contribution in [0.5, 0.6) is 0 Å². The molecule has 0 saturated heterocycles. The molecule has 0 aromatic rings. The Hall–Kier alpha value is -4.71. The summed E-state index contributed by atoms with van der Waals surface area (Å²) in [5, 5.41) is 0. The Labute approximate surface area is 448 Å². The fraction of sp³-hybridized carbons (Fsp3) is 0.597. The van der Waals surface area contributed by atoms with Gasteiger partial charge in [-0.05, 0) is 122 Å². The fourth-order valence-electron chi connectivity index (χ4n) is 7.56. The molecule has 1 unspecified atom stereocenters. The highest BCUT2D eigenvalue weighted by atomic mass is 16.6. The van der Waals surface area contributed by atoms with Crippen molar-refractivity contribution in [3.63, 3.8) is 0 Å². The summed E-state index contributed by atoms with van der Waals surface area (Å²) in [7, 11) is 0. The lowest BCUT2D eigenvalue weighted by atomic mass is 10.1. The van der Waals surface area contributed by atoms with Gasteiger partial charge in [0.15, 0.2) is 6.10 Å². The molecule has 6 nitrogen and oxygen atoms in total. The highest BCUT2D eigenvalue weighted by Crippen LogP contribution is 2.14. The van der Waals surface area contributed by atoms with Crippen LogP contribution in [0.15, 0.2) is 146 Å². The molecule has 0 aliphatic heterocycles. The molecular formula is C67H106O6. The summed E-state index contributed by atoms with van der Waals surface area (Å²) in [6, 6.07) is 0. The number of hydrogen-bond donors (Lipinski definition) is 0. The molecule has 0 heterocycles. The Balaban J connectivity index is 4.46. The van der Waals surface area contributed by atoms with Crippen LogP contribution in [0.1, 0.15) is 239 Å². The van der Waals surface area contributed by atoms with E-state index in [4.69, 9.17) is 14.2 Å². The van der Waals surface area contributed by atoms with Crippen molar-refractivity contribution in [2.24, 2.45) is 0 Å². The van der Waals surface area contributed by atoms with E-state index >= 15 is 0 Å². The van der Waals surface area contributed by atoms with E-state index in [9.17, 15) is 14.4 Å². The quantitative estimate of drug-likeness (QED) is 0.0261. The summed E-state index contributed by atoms with van der Waals surface area (Å²) in [6.07, 6.45) is 85.7. The first-order chi connectivity index (χ1) is 36.0. The van der Waals surface area contributed by atoms with E-state index in [0.717, 1.165) is 128 Å². The minimum atomic E-state index is -0.822. The second kappa shape index (κ2) is 59.8. The topological polar surface area (TPSA) is 78.9 Å². The van der Waals surface area contributed by atoms with Gasteiger partial charge in [-0.15, -0.1) is 0 Å². The molecule has 0 N–H and O–H groups in total. The molecule has 0 saturated carbocycles. The number of ether oxygens (including phenoxy) is 3. The zero-order chi connectivity index (χ0) is 52.9. The Kier molecular flexibility index (Phi) is 56.0. The van der Waals surface area contributed by atoms with Crippen molar-refractivity contribution >= 4 is 17.9 Å². The first-order valence-corrected chi connectivity index (χ1v) is 29.3. The van der Waals surface area contributed by atoms with Crippen molar-refractivity contribution in [3.05, 3.63) is 146 Å². The minimum absolute atomic E-state index is 0.113. The van der Waals surface area contributed by atoms with Crippen LogP contribution in [-0.2, 0) is 28.6 Å². The lowest BCUT2D eigenvalue weighted by molar-refractivity contribution is -0.166. The van der Waals surface area contributed by atoms with Crippen LogP contribution < -0.4 is 0 Å². The maximum absolute atomic E-state index is 12.9. The summed E-state index contributed by atoms with van der Waals surface area (Å²) >= 11 is 0. The number of rotatable bonds is 51. The van der Waals surface area contributed by atoms with E-state index in [0.29, 0.717) is 19.3 Å². The van der Waals surface area contributed by atoms with Gasteiger partial charge < -0.3 is 14.2 Å². The number of esters is 3. The van der Waals surface area contributed by atoms with E-state index in [2.05, 4.69) is 154 Å². The average molecular weight is 1010 g/mol. The van der Waals surface area contributed by atoms with Crippen LogP contribution in [0.3, 0.4) is 0 Å². The van der Waals surface area contributed by atoms with Gasteiger partial charge in [-0.2, -0.15) is 0 Å². The molecule has 0 radical (unpaired) electrons. The van der Waals surface area contributed by atoms with Crippen LogP contribution in [0, 0.1) is 0 Å². The van der Waals surface area contributed by atoms with Crippen LogP contribution in [0.2, 0.25) is 0 Å². The van der Waals surface area contributed by atoms with E-state index in [1.807, 2.05) is 12.2 Å². The molecule has 0 rings (SSSR count). The smallest absolute Gasteiger partial charge is 0.306 e. The van der Waals surface area contributed by atoms with Gasteiger partial charge >= 0.3 is 17.9 Å². The van der Waals surface area contributed by atoms with Crippen molar-refractivity contribution < 1.29 is 28.6 Å². The zero-order valence-electron chi connectivity index (χ0n) is 46.8. The van der Waals surface area contributed by atoms with E-state index in [1.165, 1.54) is 64.2 Å². The van der Waals surface area contributed by atoms with Gasteiger partial charge in [-0.3, -0.25) is 14.4 Å². The number of hydrogen-bond acceptors (Lipinski definition) is 6. The molecule has 73 heavy (non-hydrogen) atoms. The van der Waals surface area contributed by atoms with Gasteiger partial charge in [0.1, 0.15) is 13.2 Å². The van der Waals surface area contributed by atoms with Gasteiger partial charge in [0.05, 0.1) is 0 Å². The minimum Gasteiger partial charge on any atom is -0.462 e. The van der Waals surface area contributed by atoms with Crippen LogP contribution in [0.4, 0.5) is 0 Å². The second-order valence-electron chi connectivity index (χ2n) is 18.8. The third-order valence-corrected chi connectivity index (χ3v) is 11.8. The predicted molar refractivity (Wildman–Crippen MR) is 315 cm³/mol. The fourth-order valence-corrected chi connectivity index (χ4v) is 7.56. The van der Waals surface area contributed by atoms with Crippen molar-refractivity contribution in [3.8, 4) is 0 Å². The summed E-state index contributed by atoms with van der Waals surface area (Å²) in [5.41, 5.74) is 0. The van der Waals surface area contributed by atoms with E-state index in [1.54, 1.807) is 0 Å². The lowest BCUT2D eigenvalue weighted by Gasteiger charge is -2.18. The van der Waals surface area contributed by atoms with Gasteiger partial charge in [0.25, 0.3) is 0 Å². The normalized spacial score (nSPS) is 13.2. The van der Waals surface area contributed by atoms with E-state index in [-0.39, 0.29) is 37.5 Å². The Morgan fingerprint density at radius 3 is 0.849 bits per heavy atom. The second-order valence-corrected chi connectivity index (χ2v) is 18.8. The maximum atomic E-state index is 12.9. The molecule has 0 aliphatic carbocycles. The molecule has 410 valence electrons. The monoisotopic (exact) mass is 1010 g/mol. The number of carbonyl (C=O) groups excluding carboxylic acids is 3. The number of unbranched alkanes of at least 4 members (excludes halogenated alkanes) is 16. The standard InChI is InChI=1S/C67H106O6/c1-4-7-10-13-16-19-22-25-27-29-31-33-35-37-39-42-45-48-51-54-57-60-66(69)72-63-64(62-71-65(68)59-56-53-50-47-44-41-24-21-18-15-12-9-6-3)73-67(70)61-58-55-52-49-46-43-40-38-36-34-32-30-28-26-23-20-17-14-11-8-5-2/h7-12,16-21,25-28,31-34,41,44,50,53,64H,4-6,13-15,22-24,29-30,35-40,42-43,45-49,51-52,54-63H2,1-3H3/b10-7-,11-8-,12-9-,19-16-,20-17-,21-18-,27-25-,28-26-,33-31-,34-32-,44-41-,53-50-. The van der Waals surface area contributed by atoms with Crippen molar-refractivity contribution in [2.75, 3.05) is 13.2 Å². The summed E-state index contributed by atoms with van der Waals surface area (Å²) in [4.78, 5) is 38.2. The molecule has 0 spiro atoms. The highest BCUT2D eigenvalue weighted by molar-refractivity contribution is 5.71.